The Morgan fingerprint density at radius 3 is 2.89 bits per heavy atom. The molecule has 5 nitrogen and oxygen atoms in total. The van der Waals surface area contributed by atoms with Gasteiger partial charge in [-0.15, -0.1) is 11.8 Å². The van der Waals surface area contributed by atoms with Gasteiger partial charge in [0.2, 0.25) is 5.91 Å². The van der Waals surface area contributed by atoms with Crippen molar-refractivity contribution in [3.63, 3.8) is 0 Å². The quantitative estimate of drug-likeness (QED) is 0.681. The van der Waals surface area contributed by atoms with Gasteiger partial charge in [-0.25, -0.2) is 0 Å². The van der Waals surface area contributed by atoms with Crippen LogP contribution in [-0.2, 0) is 14.3 Å². The van der Waals surface area contributed by atoms with Gasteiger partial charge in [0.25, 0.3) is 0 Å². The summed E-state index contributed by atoms with van der Waals surface area (Å²) in [4.78, 5) is 22.5. The Balaban J connectivity index is 2.20. The molecule has 0 saturated heterocycles. The van der Waals surface area contributed by atoms with Crippen LogP contribution in [0.25, 0.3) is 0 Å². The summed E-state index contributed by atoms with van der Waals surface area (Å²) in [5.74, 6) is 0.157. The van der Waals surface area contributed by atoms with E-state index in [9.17, 15) is 9.59 Å². The van der Waals surface area contributed by atoms with Crippen LogP contribution in [-0.4, -0.2) is 48.2 Å². The third-order valence-electron chi connectivity index (χ3n) is 3.05. The van der Waals surface area contributed by atoms with Gasteiger partial charge in [-0.05, 0) is 19.3 Å². The predicted octanol–water partition coefficient (Wildman–Crippen LogP) is 1.13. The Morgan fingerprint density at radius 2 is 2.22 bits per heavy atom. The maximum Gasteiger partial charge on any atom is 0.306 e. The van der Waals surface area contributed by atoms with Gasteiger partial charge in [-0.1, -0.05) is 6.42 Å². The highest BCUT2D eigenvalue weighted by atomic mass is 32.2. The minimum atomic E-state index is -0.747. The van der Waals surface area contributed by atoms with Crippen LogP contribution in [0.15, 0.2) is 0 Å². The van der Waals surface area contributed by atoms with Crippen molar-refractivity contribution in [2.75, 3.05) is 25.2 Å². The van der Waals surface area contributed by atoms with Crippen molar-refractivity contribution < 1.29 is 19.4 Å². The second-order valence-electron chi connectivity index (χ2n) is 4.51. The van der Waals surface area contributed by atoms with Gasteiger partial charge < -0.3 is 15.2 Å². The van der Waals surface area contributed by atoms with Crippen LogP contribution in [0, 0.1) is 5.92 Å². The van der Waals surface area contributed by atoms with Gasteiger partial charge in [0, 0.05) is 18.9 Å². The average Bonchev–Trinajstić information content (AvgIpc) is 2.35. The van der Waals surface area contributed by atoms with Crippen LogP contribution in [0.1, 0.15) is 25.7 Å². The molecule has 104 valence electrons. The van der Waals surface area contributed by atoms with Crippen LogP contribution < -0.4 is 5.32 Å². The van der Waals surface area contributed by atoms with E-state index in [0.29, 0.717) is 18.8 Å². The van der Waals surface area contributed by atoms with Crippen LogP contribution in [0.2, 0.25) is 0 Å². The summed E-state index contributed by atoms with van der Waals surface area (Å²) in [6, 6.07) is 0.0235. The molecule has 1 saturated carbocycles. The number of hydrogen-bond acceptors (Lipinski definition) is 4. The Kier molecular flexibility index (Phi) is 7.12. The number of methoxy groups -OCH3 is 1. The highest BCUT2D eigenvalue weighted by Gasteiger charge is 2.27. The molecule has 0 aromatic heterocycles. The van der Waals surface area contributed by atoms with Crippen molar-refractivity contribution in [2.24, 2.45) is 5.92 Å². The molecule has 1 aliphatic carbocycles. The fraction of sp³-hybridized carbons (Fsp3) is 0.833. The summed E-state index contributed by atoms with van der Waals surface area (Å²) in [5.41, 5.74) is 0. The number of rotatable bonds is 7. The number of carbonyl (C=O) groups is 2. The van der Waals surface area contributed by atoms with E-state index in [2.05, 4.69) is 5.32 Å². The van der Waals surface area contributed by atoms with Gasteiger partial charge in [0.1, 0.15) is 0 Å². The van der Waals surface area contributed by atoms with Crippen molar-refractivity contribution in [3.05, 3.63) is 0 Å². The molecule has 0 aromatic carbocycles. The summed E-state index contributed by atoms with van der Waals surface area (Å²) in [5, 5.41) is 11.9. The first-order chi connectivity index (χ1) is 8.63. The monoisotopic (exact) mass is 275 g/mol. The normalized spacial score (nSPS) is 23.6. The number of nitrogens with one attached hydrogen (secondary N) is 1. The molecule has 0 radical (unpaired) electrons. The van der Waals surface area contributed by atoms with E-state index in [1.807, 2.05) is 0 Å². The van der Waals surface area contributed by atoms with E-state index in [1.165, 1.54) is 11.8 Å². The fourth-order valence-corrected chi connectivity index (χ4v) is 2.82. The summed E-state index contributed by atoms with van der Waals surface area (Å²) in [6.07, 6.45) is 3.05. The molecule has 0 bridgehead atoms. The number of carboxylic acids is 1. The smallest absolute Gasteiger partial charge is 0.306 e. The molecule has 1 fully saturated rings. The summed E-state index contributed by atoms with van der Waals surface area (Å²) in [7, 11) is 1.63. The molecule has 18 heavy (non-hydrogen) atoms. The molecular weight excluding hydrogens is 254 g/mol. The molecule has 1 rings (SSSR count). The number of ether oxygens (including phenoxy) is 1. The van der Waals surface area contributed by atoms with E-state index >= 15 is 0 Å². The maximum atomic E-state index is 11.6. The molecule has 6 heteroatoms. The molecule has 0 heterocycles. The second kappa shape index (κ2) is 8.37. The molecular formula is C12H21NO4S. The SMILES string of the molecule is COCCSCC(=O)NC1CCCC(C(=O)O)C1. The lowest BCUT2D eigenvalue weighted by Crippen LogP contribution is -2.40. The molecule has 0 aromatic rings. The van der Waals surface area contributed by atoms with E-state index < -0.39 is 5.97 Å². The van der Waals surface area contributed by atoms with E-state index in [0.717, 1.165) is 25.0 Å². The zero-order chi connectivity index (χ0) is 13.4. The Bertz CT molecular complexity index is 285. The Labute approximate surface area is 112 Å². The molecule has 2 atom stereocenters. The lowest BCUT2D eigenvalue weighted by molar-refractivity contribution is -0.143. The maximum absolute atomic E-state index is 11.6. The number of thioether (sulfide) groups is 1. The van der Waals surface area contributed by atoms with Gasteiger partial charge in [-0.3, -0.25) is 9.59 Å². The number of carbonyl (C=O) groups excluding carboxylic acids is 1. The predicted molar refractivity (Wildman–Crippen MR) is 70.7 cm³/mol. The number of carboxylic acid groups (broad SMARTS) is 1. The summed E-state index contributed by atoms with van der Waals surface area (Å²) in [6.45, 7) is 0.641. The van der Waals surface area contributed by atoms with Crippen molar-refractivity contribution >= 4 is 23.6 Å². The molecule has 0 spiro atoms. The topological polar surface area (TPSA) is 75.6 Å². The number of amides is 1. The van der Waals surface area contributed by atoms with Crippen LogP contribution in [0.5, 0.6) is 0 Å². The number of aliphatic carboxylic acids is 1. The molecule has 2 unspecified atom stereocenters. The molecule has 0 aliphatic heterocycles. The van der Waals surface area contributed by atoms with Crippen LogP contribution in [0.3, 0.4) is 0 Å². The van der Waals surface area contributed by atoms with Crippen molar-refractivity contribution in [1.82, 2.24) is 5.32 Å². The molecule has 1 aliphatic rings. The van der Waals surface area contributed by atoms with Gasteiger partial charge in [0.05, 0.1) is 18.3 Å². The highest BCUT2D eigenvalue weighted by molar-refractivity contribution is 7.99. The first-order valence-corrected chi connectivity index (χ1v) is 7.37. The number of hydrogen-bond donors (Lipinski definition) is 2. The highest BCUT2D eigenvalue weighted by Crippen LogP contribution is 2.24. The lowest BCUT2D eigenvalue weighted by atomic mass is 9.86. The van der Waals surface area contributed by atoms with Crippen molar-refractivity contribution in [2.45, 2.75) is 31.7 Å². The first-order valence-electron chi connectivity index (χ1n) is 6.22. The van der Waals surface area contributed by atoms with Gasteiger partial charge >= 0.3 is 5.97 Å². The largest absolute Gasteiger partial charge is 0.481 e. The lowest BCUT2D eigenvalue weighted by Gasteiger charge is -2.27. The third kappa shape index (κ3) is 5.73. The zero-order valence-electron chi connectivity index (χ0n) is 10.7. The minimum absolute atomic E-state index is 0.00728. The standard InChI is InChI=1S/C12H21NO4S/c1-17-5-6-18-8-11(14)13-10-4-2-3-9(7-10)12(15)16/h9-10H,2-8H2,1H3,(H,13,14)(H,15,16). The summed E-state index contributed by atoms with van der Waals surface area (Å²) < 4.78 is 4.90. The average molecular weight is 275 g/mol. The molecule has 2 N–H and O–H groups in total. The van der Waals surface area contributed by atoms with Crippen molar-refractivity contribution in [1.29, 1.82) is 0 Å². The first kappa shape index (κ1) is 15.3. The van der Waals surface area contributed by atoms with E-state index in [1.54, 1.807) is 7.11 Å². The molecule has 1 amide bonds. The summed E-state index contributed by atoms with van der Waals surface area (Å²) >= 11 is 1.53. The fourth-order valence-electron chi connectivity index (χ4n) is 2.12. The van der Waals surface area contributed by atoms with Crippen LogP contribution in [0.4, 0.5) is 0 Å². The van der Waals surface area contributed by atoms with E-state index in [-0.39, 0.29) is 17.9 Å². The van der Waals surface area contributed by atoms with Crippen LogP contribution >= 0.6 is 11.8 Å². The van der Waals surface area contributed by atoms with E-state index in [4.69, 9.17) is 9.84 Å². The van der Waals surface area contributed by atoms with Gasteiger partial charge in [-0.2, -0.15) is 0 Å². The van der Waals surface area contributed by atoms with Crippen molar-refractivity contribution in [3.8, 4) is 0 Å². The minimum Gasteiger partial charge on any atom is -0.481 e. The zero-order valence-corrected chi connectivity index (χ0v) is 11.5. The second-order valence-corrected chi connectivity index (χ2v) is 5.62. The Morgan fingerprint density at radius 1 is 1.44 bits per heavy atom. The van der Waals surface area contributed by atoms with Gasteiger partial charge in [0.15, 0.2) is 0 Å². The Hall–Kier alpha value is -0.750. The third-order valence-corrected chi connectivity index (χ3v) is 3.98.